The maximum absolute atomic E-state index is 13.1. The molecule has 2 aromatic carbocycles. The summed E-state index contributed by atoms with van der Waals surface area (Å²) in [7, 11) is 0. The van der Waals surface area contributed by atoms with Gasteiger partial charge in [-0.05, 0) is 55.5 Å². The number of rotatable bonds is 4. The third-order valence-electron chi connectivity index (χ3n) is 5.50. The van der Waals surface area contributed by atoms with Gasteiger partial charge in [0.25, 0.3) is 5.91 Å². The minimum Gasteiger partial charge on any atom is -0.369 e. The van der Waals surface area contributed by atoms with Crippen molar-refractivity contribution in [2.45, 2.75) is 38.7 Å². The van der Waals surface area contributed by atoms with Gasteiger partial charge >= 0.3 is 5.63 Å². The van der Waals surface area contributed by atoms with Crippen molar-refractivity contribution >= 4 is 22.4 Å². The molecule has 1 unspecified atom stereocenters. The van der Waals surface area contributed by atoms with Crippen LogP contribution in [0.1, 0.15) is 37.4 Å². The third kappa shape index (κ3) is 4.12. The first kappa shape index (κ1) is 19.9. The first-order valence-electron chi connectivity index (χ1n) is 9.81. The number of carbonyl (C=O) groups excluding carboxylic acids is 1. The van der Waals surface area contributed by atoms with Crippen molar-refractivity contribution in [3.8, 4) is 11.8 Å². The molecule has 3 aromatic rings. The Balaban J connectivity index is 1.65. The molecular formula is C24H22N2O4. The molecule has 0 radical (unpaired) electrons. The number of aliphatic hydroxyl groups is 1. The van der Waals surface area contributed by atoms with E-state index < -0.39 is 17.1 Å². The van der Waals surface area contributed by atoms with Gasteiger partial charge in [-0.2, -0.15) is 0 Å². The summed E-state index contributed by atoms with van der Waals surface area (Å²) in [5.41, 5.74) is -0.766. The van der Waals surface area contributed by atoms with Gasteiger partial charge in [0.05, 0.1) is 11.1 Å². The fourth-order valence-corrected chi connectivity index (χ4v) is 3.43. The summed E-state index contributed by atoms with van der Waals surface area (Å²) in [5.74, 6) is 5.14. The van der Waals surface area contributed by atoms with Crippen LogP contribution >= 0.6 is 0 Å². The molecule has 1 atom stereocenters. The summed E-state index contributed by atoms with van der Waals surface area (Å²) in [5, 5.41) is 18.7. The largest absolute Gasteiger partial charge is 0.369 e. The molecule has 6 heteroatoms. The number of benzene rings is 2. The van der Waals surface area contributed by atoms with Gasteiger partial charge in [0.2, 0.25) is 5.60 Å². The molecule has 1 saturated carbocycles. The van der Waals surface area contributed by atoms with E-state index in [9.17, 15) is 14.7 Å². The van der Waals surface area contributed by atoms with Crippen LogP contribution in [0.4, 0.5) is 5.69 Å². The van der Waals surface area contributed by atoms with Gasteiger partial charge in [-0.25, -0.2) is 4.79 Å². The van der Waals surface area contributed by atoms with Crippen molar-refractivity contribution in [2.24, 2.45) is 5.41 Å². The second kappa shape index (κ2) is 7.43. The number of anilines is 1. The van der Waals surface area contributed by atoms with E-state index in [1.165, 1.54) is 0 Å². The average Bonchev–Trinajstić information content (AvgIpc) is 3.46. The SMILES string of the molecule is Cc1noc(=O)c2ccc(NC(=O)C(O)(C#Cc3ccccc3)CC3(C)CC3)cc12. The van der Waals surface area contributed by atoms with E-state index in [0.717, 1.165) is 18.4 Å². The maximum Gasteiger partial charge on any atom is 0.366 e. The summed E-state index contributed by atoms with van der Waals surface area (Å²) < 4.78 is 4.73. The predicted octanol–water partition coefficient (Wildman–Crippen LogP) is 3.41. The molecular weight excluding hydrogens is 380 g/mol. The Bertz CT molecular complexity index is 1230. The third-order valence-corrected chi connectivity index (χ3v) is 5.50. The predicted molar refractivity (Wildman–Crippen MR) is 114 cm³/mol. The Kier molecular flexibility index (Phi) is 4.92. The summed E-state index contributed by atoms with van der Waals surface area (Å²) in [6, 6.07) is 14.1. The normalized spacial score (nSPS) is 16.2. The van der Waals surface area contributed by atoms with E-state index >= 15 is 0 Å². The molecule has 152 valence electrons. The second-order valence-electron chi connectivity index (χ2n) is 8.23. The zero-order valence-corrected chi connectivity index (χ0v) is 16.9. The Labute approximate surface area is 173 Å². The lowest BCUT2D eigenvalue weighted by atomic mass is 9.88. The fourth-order valence-electron chi connectivity index (χ4n) is 3.43. The molecule has 1 aliphatic rings. The summed E-state index contributed by atoms with van der Waals surface area (Å²) in [4.78, 5) is 24.9. The number of aryl methyl sites for hydroxylation is 1. The lowest BCUT2D eigenvalue weighted by molar-refractivity contribution is -0.130. The molecule has 1 aromatic heterocycles. The molecule has 0 bridgehead atoms. The van der Waals surface area contributed by atoms with Crippen molar-refractivity contribution in [3.05, 3.63) is 70.2 Å². The number of amides is 1. The van der Waals surface area contributed by atoms with E-state index in [0.29, 0.717) is 22.2 Å². The first-order valence-corrected chi connectivity index (χ1v) is 9.81. The Morgan fingerprint density at radius 2 is 1.97 bits per heavy atom. The van der Waals surface area contributed by atoms with E-state index in [1.807, 2.05) is 37.3 Å². The van der Waals surface area contributed by atoms with Gasteiger partial charge in [-0.3, -0.25) is 4.79 Å². The highest BCUT2D eigenvalue weighted by Gasteiger charge is 2.48. The monoisotopic (exact) mass is 402 g/mol. The highest BCUT2D eigenvalue weighted by Crippen LogP contribution is 2.51. The number of hydrogen-bond acceptors (Lipinski definition) is 5. The van der Waals surface area contributed by atoms with E-state index in [4.69, 9.17) is 4.52 Å². The molecule has 0 spiro atoms. The molecule has 2 N–H and O–H groups in total. The number of fused-ring (bicyclic) bond motifs is 1. The highest BCUT2D eigenvalue weighted by atomic mass is 16.5. The van der Waals surface area contributed by atoms with Crippen molar-refractivity contribution in [1.82, 2.24) is 5.16 Å². The quantitative estimate of drug-likeness (QED) is 0.653. The minimum absolute atomic E-state index is 0.0969. The average molecular weight is 402 g/mol. The first-order chi connectivity index (χ1) is 14.3. The zero-order chi connectivity index (χ0) is 21.4. The van der Waals surface area contributed by atoms with Crippen LogP contribution in [0.15, 0.2) is 57.8 Å². The molecule has 0 saturated heterocycles. The van der Waals surface area contributed by atoms with Crippen LogP contribution in [-0.4, -0.2) is 21.8 Å². The van der Waals surface area contributed by atoms with E-state index in [1.54, 1.807) is 25.1 Å². The van der Waals surface area contributed by atoms with Gasteiger partial charge in [-0.15, -0.1) is 0 Å². The molecule has 4 rings (SSSR count). The molecule has 6 nitrogen and oxygen atoms in total. The highest BCUT2D eigenvalue weighted by molar-refractivity contribution is 6.01. The van der Waals surface area contributed by atoms with Crippen molar-refractivity contribution in [1.29, 1.82) is 0 Å². The van der Waals surface area contributed by atoms with Crippen molar-refractivity contribution in [3.63, 3.8) is 0 Å². The number of aromatic nitrogens is 1. The Morgan fingerprint density at radius 1 is 1.23 bits per heavy atom. The number of nitrogens with zero attached hydrogens (tertiary/aromatic N) is 1. The number of carbonyl (C=O) groups is 1. The van der Waals surface area contributed by atoms with Crippen molar-refractivity contribution < 1.29 is 14.4 Å². The van der Waals surface area contributed by atoms with Gasteiger partial charge in [0, 0.05) is 23.1 Å². The smallest absolute Gasteiger partial charge is 0.366 e. The number of hydrogen-bond donors (Lipinski definition) is 2. The van der Waals surface area contributed by atoms with Crippen molar-refractivity contribution in [2.75, 3.05) is 5.32 Å². The lowest BCUT2D eigenvalue weighted by Gasteiger charge is -2.24. The molecule has 1 amide bonds. The van der Waals surface area contributed by atoms with Gasteiger partial charge < -0.3 is 14.9 Å². The van der Waals surface area contributed by atoms with Crippen LogP contribution < -0.4 is 10.9 Å². The van der Waals surface area contributed by atoms with E-state index in [2.05, 4.69) is 22.3 Å². The van der Waals surface area contributed by atoms with Gasteiger partial charge in [0.1, 0.15) is 0 Å². The maximum atomic E-state index is 13.1. The van der Waals surface area contributed by atoms with Crippen LogP contribution in [-0.2, 0) is 4.79 Å². The molecule has 1 fully saturated rings. The fraction of sp³-hybridized carbons (Fsp3) is 0.292. The van der Waals surface area contributed by atoms with Crippen LogP contribution in [0.3, 0.4) is 0 Å². The van der Waals surface area contributed by atoms with Crippen LogP contribution in [0, 0.1) is 24.2 Å². The number of nitrogens with one attached hydrogen (secondary N) is 1. The molecule has 30 heavy (non-hydrogen) atoms. The van der Waals surface area contributed by atoms with E-state index in [-0.39, 0.29) is 11.8 Å². The molecule has 1 heterocycles. The second-order valence-corrected chi connectivity index (χ2v) is 8.23. The zero-order valence-electron chi connectivity index (χ0n) is 16.9. The summed E-state index contributed by atoms with van der Waals surface area (Å²) in [6.45, 7) is 3.76. The minimum atomic E-state index is -1.83. The molecule has 0 aliphatic heterocycles. The van der Waals surface area contributed by atoms with Crippen LogP contribution in [0.2, 0.25) is 0 Å². The summed E-state index contributed by atoms with van der Waals surface area (Å²) >= 11 is 0. The van der Waals surface area contributed by atoms with Gasteiger partial charge in [0.15, 0.2) is 0 Å². The topological polar surface area (TPSA) is 92.4 Å². The van der Waals surface area contributed by atoms with Crippen LogP contribution in [0.25, 0.3) is 10.8 Å². The Morgan fingerprint density at radius 3 is 2.67 bits per heavy atom. The molecule has 1 aliphatic carbocycles. The van der Waals surface area contributed by atoms with Gasteiger partial charge in [-0.1, -0.05) is 42.1 Å². The standard InChI is InChI=1S/C24H22N2O4/c1-16-20-14-18(8-9-19(20)21(27)30-26-16)25-22(28)24(29,15-23(2)12-13-23)11-10-17-6-4-3-5-7-17/h3-9,14,29H,12-13,15H2,1-2H3,(H,25,28). The summed E-state index contributed by atoms with van der Waals surface area (Å²) in [6.07, 6.45) is 2.15. The van der Waals surface area contributed by atoms with Crippen LogP contribution in [0.5, 0.6) is 0 Å². The Hall–Kier alpha value is -3.43. The lowest BCUT2D eigenvalue weighted by Crippen LogP contribution is -2.43.